The van der Waals surface area contributed by atoms with Gasteiger partial charge in [-0.15, -0.1) is 11.3 Å². The van der Waals surface area contributed by atoms with Gasteiger partial charge in [-0.25, -0.2) is 4.39 Å². The van der Waals surface area contributed by atoms with Crippen LogP contribution in [0.2, 0.25) is 0 Å². The van der Waals surface area contributed by atoms with Crippen molar-refractivity contribution in [1.29, 1.82) is 0 Å². The maximum Gasteiger partial charge on any atom is 0.393 e. The largest absolute Gasteiger partial charge is 0.495 e. The molecule has 4 rings (SSSR count). The predicted molar refractivity (Wildman–Crippen MR) is 162 cm³/mol. The van der Waals surface area contributed by atoms with E-state index in [4.69, 9.17) is 4.74 Å². The lowest BCUT2D eigenvalue weighted by Crippen LogP contribution is -2.50. The van der Waals surface area contributed by atoms with E-state index < -0.39 is 24.8 Å². The number of hydrogen-bond acceptors (Lipinski definition) is 5. The summed E-state index contributed by atoms with van der Waals surface area (Å²) in [6, 6.07) is 11.1. The first-order valence-electron chi connectivity index (χ1n) is 13.3. The number of rotatable bonds is 8. The van der Waals surface area contributed by atoms with Crippen LogP contribution in [0.25, 0.3) is 10.1 Å². The van der Waals surface area contributed by atoms with Gasteiger partial charge in [0.1, 0.15) is 11.9 Å². The maximum atomic E-state index is 15.0. The molecule has 2 N–H and O–H groups in total. The summed E-state index contributed by atoms with van der Waals surface area (Å²) in [6.07, 6.45) is -5.90. The lowest BCUT2D eigenvalue weighted by molar-refractivity contribution is -0.126. The second kappa shape index (κ2) is 13.0. The molecule has 216 valence electrons. The molecule has 1 aliphatic rings. The SMILES string of the molecule is COc1cc(P(C)C)ccc1NCC#Cc1sc2c(NC3CCN(C(C)C)CC3F)cccc2c1CC(F)(F)F. The van der Waals surface area contributed by atoms with Crippen LogP contribution in [-0.4, -0.2) is 69.4 Å². The van der Waals surface area contributed by atoms with Gasteiger partial charge in [-0.2, -0.15) is 13.2 Å². The van der Waals surface area contributed by atoms with Gasteiger partial charge in [0.25, 0.3) is 0 Å². The maximum absolute atomic E-state index is 15.0. The summed E-state index contributed by atoms with van der Waals surface area (Å²) in [5, 5.41) is 8.24. The van der Waals surface area contributed by atoms with Gasteiger partial charge in [-0.05, 0) is 68.1 Å². The first-order chi connectivity index (χ1) is 19.0. The van der Waals surface area contributed by atoms with Crippen LogP contribution in [0.4, 0.5) is 28.9 Å². The minimum atomic E-state index is -4.38. The molecule has 0 amide bonds. The Hall–Kier alpha value is -2.53. The van der Waals surface area contributed by atoms with Crippen molar-refractivity contribution in [3.8, 4) is 17.6 Å². The number of halogens is 4. The van der Waals surface area contributed by atoms with E-state index in [1.807, 2.05) is 38.1 Å². The molecular formula is C30H36F4N3OPS. The van der Waals surface area contributed by atoms with E-state index in [9.17, 15) is 13.2 Å². The van der Waals surface area contributed by atoms with Crippen molar-refractivity contribution in [1.82, 2.24) is 4.90 Å². The summed E-state index contributed by atoms with van der Waals surface area (Å²) < 4.78 is 62.0. The fourth-order valence-corrected chi connectivity index (χ4v) is 6.81. The number of alkyl halides is 4. The molecule has 0 saturated carbocycles. The molecule has 4 nitrogen and oxygen atoms in total. The van der Waals surface area contributed by atoms with Crippen molar-refractivity contribution >= 4 is 46.0 Å². The number of likely N-dealkylation sites (tertiary alicyclic amines) is 1. The highest BCUT2D eigenvalue weighted by atomic mass is 32.1. The van der Waals surface area contributed by atoms with Crippen molar-refractivity contribution in [3.05, 3.63) is 46.8 Å². The quantitative estimate of drug-likeness (QED) is 0.166. The van der Waals surface area contributed by atoms with Crippen molar-refractivity contribution in [2.45, 2.75) is 51.1 Å². The number of nitrogens with zero attached hydrogens (tertiary/aromatic N) is 1. The zero-order valence-electron chi connectivity index (χ0n) is 23.5. The van der Waals surface area contributed by atoms with Crippen LogP contribution in [0.1, 0.15) is 30.7 Å². The molecule has 1 aromatic heterocycles. The third-order valence-corrected chi connectivity index (χ3v) is 9.62. The minimum absolute atomic E-state index is 0.163. The second-order valence-electron chi connectivity index (χ2n) is 10.5. The first-order valence-corrected chi connectivity index (χ1v) is 16.4. The Kier molecular flexibility index (Phi) is 9.87. The van der Waals surface area contributed by atoms with Crippen molar-refractivity contribution < 1.29 is 22.3 Å². The molecule has 0 radical (unpaired) electrons. The summed E-state index contributed by atoms with van der Waals surface area (Å²) in [6.45, 7) is 9.78. The predicted octanol–water partition coefficient (Wildman–Crippen LogP) is 7.08. The van der Waals surface area contributed by atoms with Crippen LogP contribution in [0.5, 0.6) is 5.75 Å². The van der Waals surface area contributed by atoms with Crippen LogP contribution in [-0.2, 0) is 6.42 Å². The van der Waals surface area contributed by atoms with E-state index in [-0.39, 0.29) is 26.1 Å². The lowest BCUT2D eigenvalue weighted by Gasteiger charge is -2.37. The molecule has 2 unspecified atom stereocenters. The van der Waals surface area contributed by atoms with Crippen molar-refractivity contribution in [2.24, 2.45) is 0 Å². The highest BCUT2D eigenvalue weighted by Gasteiger charge is 2.33. The molecule has 1 saturated heterocycles. The smallest absolute Gasteiger partial charge is 0.393 e. The van der Waals surface area contributed by atoms with Crippen LogP contribution >= 0.6 is 19.3 Å². The number of piperidine rings is 1. The van der Waals surface area contributed by atoms with Crippen molar-refractivity contribution in [3.63, 3.8) is 0 Å². The van der Waals surface area contributed by atoms with E-state index in [0.717, 1.165) is 12.2 Å². The molecule has 10 heteroatoms. The van der Waals surface area contributed by atoms with Crippen molar-refractivity contribution in [2.75, 3.05) is 50.7 Å². The minimum Gasteiger partial charge on any atom is -0.495 e. The fraction of sp³-hybridized carbons (Fsp3) is 0.467. The second-order valence-corrected chi connectivity index (χ2v) is 13.8. The molecule has 1 fully saturated rings. The average Bonchev–Trinajstić information content (AvgIpc) is 3.24. The summed E-state index contributed by atoms with van der Waals surface area (Å²) in [5.41, 5.74) is 1.59. The number of ether oxygens (including phenoxy) is 1. The van der Waals surface area contributed by atoms with Crippen LogP contribution in [0.15, 0.2) is 36.4 Å². The Morgan fingerprint density at radius 1 is 1.18 bits per heavy atom. The Balaban J connectivity index is 1.58. The molecule has 2 aromatic carbocycles. The highest BCUT2D eigenvalue weighted by molar-refractivity contribution is 7.64. The summed E-state index contributed by atoms with van der Waals surface area (Å²) in [7, 11) is 1.33. The Bertz CT molecular complexity index is 1380. The number of nitrogens with one attached hydrogen (secondary N) is 2. The van der Waals surface area contributed by atoms with Gasteiger partial charge in [0.15, 0.2) is 0 Å². The van der Waals surface area contributed by atoms with Gasteiger partial charge in [0.2, 0.25) is 0 Å². The highest BCUT2D eigenvalue weighted by Crippen LogP contribution is 2.39. The number of hydrogen-bond donors (Lipinski definition) is 2. The Morgan fingerprint density at radius 3 is 2.60 bits per heavy atom. The summed E-state index contributed by atoms with van der Waals surface area (Å²) in [5.74, 6) is 6.68. The molecular weight excluding hydrogens is 557 g/mol. The molecule has 40 heavy (non-hydrogen) atoms. The number of methoxy groups -OCH3 is 1. The van der Waals surface area contributed by atoms with Gasteiger partial charge in [-0.3, -0.25) is 4.90 Å². The van der Waals surface area contributed by atoms with E-state index >= 15 is 4.39 Å². The molecule has 2 atom stereocenters. The third-order valence-electron chi connectivity index (χ3n) is 7.11. The lowest BCUT2D eigenvalue weighted by atomic mass is 10.0. The van der Waals surface area contributed by atoms with Gasteiger partial charge in [0, 0.05) is 19.1 Å². The average molecular weight is 594 g/mol. The van der Waals surface area contributed by atoms with Crippen LogP contribution in [0.3, 0.4) is 0 Å². The fourth-order valence-electron chi connectivity index (χ4n) is 4.89. The summed E-state index contributed by atoms with van der Waals surface area (Å²) >= 11 is 1.23. The molecule has 0 spiro atoms. The Labute approximate surface area is 239 Å². The molecule has 2 heterocycles. The van der Waals surface area contributed by atoms with E-state index in [0.29, 0.717) is 39.4 Å². The topological polar surface area (TPSA) is 36.5 Å². The van der Waals surface area contributed by atoms with Gasteiger partial charge < -0.3 is 15.4 Å². The van der Waals surface area contributed by atoms with Gasteiger partial charge in [0.05, 0.1) is 47.1 Å². The molecule has 1 aliphatic heterocycles. The number of anilines is 2. The number of thiophene rings is 1. The zero-order valence-corrected chi connectivity index (χ0v) is 25.2. The monoisotopic (exact) mass is 593 g/mol. The van der Waals surface area contributed by atoms with E-state index in [2.05, 4.69) is 40.7 Å². The molecule has 0 bridgehead atoms. The normalized spacial score (nSPS) is 18.2. The molecule has 3 aromatic rings. The van der Waals surface area contributed by atoms with Crippen LogP contribution in [0, 0.1) is 11.8 Å². The Morgan fingerprint density at radius 2 is 1.95 bits per heavy atom. The first kappa shape index (κ1) is 30.4. The standard InChI is InChI=1S/C30H36F4N3OPS/c1-19(2)37-15-13-24(23(31)18-37)36-26-9-6-8-21-22(17-30(32,33)34)28(40-29(21)26)10-7-14-35-25-12-11-20(39(4)5)16-27(25)38-3/h6,8-9,11-12,16,19,23-24,35-36H,13-15,17-18H2,1-5H3. The zero-order chi connectivity index (χ0) is 29.0. The molecule has 0 aliphatic carbocycles. The third kappa shape index (κ3) is 7.40. The van der Waals surface area contributed by atoms with E-state index in [1.54, 1.807) is 19.2 Å². The van der Waals surface area contributed by atoms with Crippen LogP contribution < -0.4 is 20.7 Å². The number of benzene rings is 2. The van der Waals surface area contributed by atoms with E-state index in [1.165, 1.54) is 16.6 Å². The summed E-state index contributed by atoms with van der Waals surface area (Å²) in [4.78, 5) is 2.48. The van der Waals surface area contributed by atoms with Gasteiger partial charge >= 0.3 is 6.18 Å². The van der Waals surface area contributed by atoms with Gasteiger partial charge in [-0.1, -0.05) is 38.0 Å². The number of fused-ring (bicyclic) bond motifs is 1.